The molecule has 0 saturated carbocycles. The van der Waals surface area contributed by atoms with Crippen molar-refractivity contribution < 1.29 is 28.2 Å². The number of benzene rings is 2. The summed E-state index contributed by atoms with van der Waals surface area (Å²) in [6.07, 6.45) is 0. The number of aliphatic carboxylic acids is 2. The normalized spacial score (nSPS) is 21.8. The molecule has 2 unspecified atom stereocenters. The van der Waals surface area contributed by atoms with Crippen molar-refractivity contribution in [3.8, 4) is 0 Å². The molecule has 126 valence electrons. The van der Waals surface area contributed by atoms with E-state index in [1.807, 2.05) is 12.1 Å². The van der Waals surface area contributed by atoms with E-state index >= 15 is 0 Å². The van der Waals surface area contributed by atoms with Gasteiger partial charge in [0.15, 0.2) is 0 Å². The van der Waals surface area contributed by atoms with Crippen LogP contribution in [0.3, 0.4) is 0 Å². The van der Waals surface area contributed by atoms with Crippen LogP contribution in [0.1, 0.15) is 0 Å². The zero-order chi connectivity index (χ0) is 17.5. The van der Waals surface area contributed by atoms with Gasteiger partial charge in [-0.15, -0.1) is 0 Å². The topological polar surface area (TPSA) is 112 Å². The van der Waals surface area contributed by atoms with E-state index in [0.29, 0.717) is 0 Å². The summed E-state index contributed by atoms with van der Waals surface area (Å²) in [4.78, 5) is 22.5. The molecule has 0 amide bonds. The largest absolute Gasteiger partial charge is 0.481 e. The summed E-state index contributed by atoms with van der Waals surface area (Å²) in [7, 11) is -3.96. The molecule has 1 saturated heterocycles. The van der Waals surface area contributed by atoms with E-state index < -0.39 is 33.8 Å². The van der Waals surface area contributed by atoms with E-state index in [-0.39, 0.29) is 18.0 Å². The number of nitrogens with zero attached hydrogens (tertiary/aromatic N) is 1. The molecule has 1 fully saturated rings. The summed E-state index contributed by atoms with van der Waals surface area (Å²) < 4.78 is 26.4. The molecule has 3 rings (SSSR count). The monoisotopic (exact) mass is 349 g/mol. The fraction of sp³-hybridized carbons (Fsp3) is 0.250. The lowest BCUT2D eigenvalue weighted by Gasteiger charge is -2.16. The Bertz CT molecular complexity index is 901. The van der Waals surface area contributed by atoms with Gasteiger partial charge in [-0.2, -0.15) is 4.31 Å². The van der Waals surface area contributed by atoms with Gasteiger partial charge >= 0.3 is 11.9 Å². The van der Waals surface area contributed by atoms with E-state index in [4.69, 9.17) is 10.2 Å². The van der Waals surface area contributed by atoms with Crippen LogP contribution in [0.25, 0.3) is 10.8 Å². The average Bonchev–Trinajstić information content (AvgIpc) is 3.01. The van der Waals surface area contributed by atoms with Gasteiger partial charge in [0, 0.05) is 13.1 Å². The lowest BCUT2D eigenvalue weighted by molar-refractivity contribution is -0.151. The van der Waals surface area contributed by atoms with E-state index in [1.165, 1.54) is 12.1 Å². The number of rotatable bonds is 4. The van der Waals surface area contributed by atoms with Gasteiger partial charge in [0.1, 0.15) is 0 Å². The van der Waals surface area contributed by atoms with Crippen LogP contribution in [0, 0.1) is 11.8 Å². The van der Waals surface area contributed by atoms with Gasteiger partial charge in [0.05, 0.1) is 16.7 Å². The third-order valence-corrected chi connectivity index (χ3v) is 6.11. The number of carbonyl (C=O) groups is 2. The Balaban J connectivity index is 1.97. The minimum Gasteiger partial charge on any atom is -0.481 e. The predicted molar refractivity (Wildman–Crippen MR) is 85.0 cm³/mol. The number of hydrogen-bond acceptors (Lipinski definition) is 4. The molecule has 2 N–H and O–H groups in total. The second-order valence-corrected chi connectivity index (χ2v) is 7.66. The maximum absolute atomic E-state index is 12.8. The van der Waals surface area contributed by atoms with Crippen LogP contribution in [0.4, 0.5) is 0 Å². The first-order chi connectivity index (χ1) is 11.3. The molecule has 0 aliphatic carbocycles. The molecule has 2 atom stereocenters. The lowest BCUT2D eigenvalue weighted by atomic mass is 9.97. The van der Waals surface area contributed by atoms with Gasteiger partial charge in [-0.25, -0.2) is 8.42 Å². The smallest absolute Gasteiger partial charge is 0.308 e. The molecule has 1 heterocycles. The van der Waals surface area contributed by atoms with Crippen LogP contribution < -0.4 is 0 Å². The summed E-state index contributed by atoms with van der Waals surface area (Å²) in [5.74, 6) is -5.12. The highest BCUT2D eigenvalue weighted by molar-refractivity contribution is 7.89. The van der Waals surface area contributed by atoms with Crippen LogP contribution in [0.5, 0.6) is 0 Å². The van der Waals surface area contributed by atoms with Gasteiger partial charge in [0.2, 0.25) is 10.0 Å². The minimum absolute atomic E-state index is 0.0244. The van der Waals surface area contributed by atoms with E-state index in [2.05, 4.69) is 0 Å². The first-order valence-corrected chi connectivity index (χ1v) is 8.69. The fourth-order valence-electron chi connectivity index (χ4n) is 2.94. The molecule has 0 radical (unpaired) electrons. The van der Waals surface area contributed by atoms with Crippen molar-refractivity contribution in [1.29, 1.82) is 0 Å². The Kier molecular flexibility index (Phi) is 4.02. The Morgan fingerprint density at radius 2 is 1.46 bits per heavy atom. The molecule has 7 nitrogen and oxygen atoms in total. The summed E-state index contributed by atoms with van der Waals surface area (Å²) in [6, 6.07) is 11.9. The van der Waals surface area contributed by atoms with Gasteiger partial charge in [-0.05, 0) is 22.9 Å². The molecule has 8 heteroatoms. The van der Waals surface area contributed by atoms with Gasteiger partial charge in [0.25, 0.3) is 0 Å². The summed E-state index contributed by atoms with van der Waals surface area (Å²) in [6.45, 7) is -0.692. The first kappa shape index (κ1) is 16.4. The number of carboxylic acid groups (broad SMARTS) is 2. The molecule has 0 aromatic heterocycles. The molecule has 2 aromatic carbocycles. The highest BCUT2D eigenvalue weighted by Gasteiger charge is 2.46. The minimum atomic E-state index is -3.96. The molecule has 1 aliphatic heterocycles. The van der Waals surface area contributed by atoms with Crippen molar-refractivity contribution in [3.63, 3.8) is 0 Å². The molecule has 0 spiro atoms. The number of carboxylic acids is 2. The quantitative estimate of drug-likeness (QED) is 0.859. The van der Waals surface area contributed by atoms with Crippen molar-refractivity contribution >= 4 is 32.7 Å². The Morgan fingerprint density at radius 3 is 2.00 bits per heavy atom. The Morgan fingerprint density at radius 1 is 0.917 bits per heavy atom. The highest BCUT2D eigenvalue weighted by Crippen LogP contribution is 2.30. The zero-order valence-corrected chi connectivity index (χ0v) is 13.3. The molecular formula is C16H15NO6S. The van der Waals surface area contributed by atoms with Gasteiger partial charge in [-0.3, -0.25) is 9.59 Å². The maximum Gasteiger partial charge on any atom is 0.308 e. The van der Waals surface area contributed by atoms with E-state index in [9.17, 15) is 18.0 Å². The molecule has 1 aliphatic rings. The SMILES string of the molecule is O=C(O)C1CN(S(=O)(=O)c2ccc3ccccc3c2)CC1C(=O)O. The third kappa shape index (κ3) is 2.74. The Hall–Kier alpha value is -2.45. The van der Waals surface area contributed by atoms with Crippen molar-refractivity contribution in [1.82, 2.24) is 4.31 Å². The van der Waals surface area contributed by atoms with Crippen LogP contribution >= 0.6 is 0 Å². The maximum atomic E-state index is 12.8. The molecular weight excluding hydrogens is 334 g/mol. The standard InChI is InChI=1S/C16H15NO6S/c18-15(19)13-8-17(9-14(13)16(20)21)24(22,23)12-6-5-10-3-1-2-4-11(10)7-12/h1-7,13-14H,8-9H2,(H,18,19)(H,20,21). The second kappa shape index (κ2) is 5.88. The van der Waals surface area contributed by atoms with Gasteiger partial charge in [-0.1, -0.05) is 30.3 Å². The summed E-state index contributed by atoms with van der Waals surface area (Å²) in [5, 5.41) is 19.9. The van der Waals surface area contributed by atoms with Crippen molar-refractivity contribution in [3.05, 3.63) is 42.5 Å². The summed E-state index contributed by atoms with van der Waals surface area (Å²) in [5.41, 5.74) is 0. The molecule has 0 bridgehead atoms. The van der Waals surface area contributed by atoms with Crippen molar-refractivity contribution in [2.75, 3.05) is 13.1 Å². The average molecular weight is 349 g/mol. The number of fused-ring (bicyclic) bond motifs is 1. The van der Waals surface area contributed by atoms with Crippen LogP contribution in [0.2, 0.25) is 0 Å². The highest BCUT2D eigenvalue weighted by atomic mass is 32.2. The van der Waals surface area contributed by atoms with Crippen molar-refractivity contribution in [2.45, 2.75) is 4.90 Å². The number of sulfonamides is 1. The van der Waals surface area contributed by atoms with Gasteiger partial charge < -0.3 is 10.2 Å². The molecule has 2 aromatic rings. The lowest BCUT2D eigenvalue weighted by Crippen LogP contribution is -2.30. The number of hydrogen-bond donors (Lipinski definition) is 2. The van der Waals surface area contributed by atoms with Crippen LogP contribution in [-0.4, -0.2) is 48.0 Å². The van der Waals surface area contributed by atoms with Crippen molar-refractivity contribution in [2.24, 2.45) is 11.8 Å². The third-order valence-electron chi connectivity index (χ3n) is 4.28. The van der Waals surface area contributed by atoms with Crippen LogP contribution in [-0.2, 0) is 19.6 Å². The fourth-order valence-corrected chi connectivity index (χ4v) is 4.47. The first-order valence-electron chi connectivity index (χ1n) is 7.25. The Labute approximate surface area is 138 Å². The second-order valence-electron chi connectivity index (χ2n) is 5.72. The molecule has 24 heavy (non-hydrogen) atoms. The predicted octanol–water partition coefficient (Wildman–Crippen LogP) is 1.25. The van der Waals surface area contributed by atoms with E-state index in [0.717, 1.165) is 15.1 Å². The zero-order valence-electron chi connectivity index (χ0n) is 12.5. The van der Waals surface area contributed by atoms with E-state index in [1.54, 1.807) is 18.2 Å². The summed E-state index contributed by atoms with van der Waals surface area (Å²) >= 11 is 0. The van der Waals surface area contributed by atoms with Crippen LogP contribution in [0.15, 0.2) is 47.4 Å².